The lowest BCUT2D eigenvalue weighted by Crippen LogP contribution is -2.04. The molecule has 0 atom stereocenters. The molecule has 0 unspecified atom stereocenters. The monoisotopic (exact) mass is 1020 g/mol. The summed E-state index contributed by atoms with van der Waals surface area (Å²) in [6.45, 7) is 33.7. The molecule has 0 bridgehead atoms. The van der Waals surface area contributed by atoms with E-state index in [4.69, 9.17) is 11.6 Å². The number of aromatic nitrogens is 4. The minimum Gasteiger partial charge on any atom is -0.245 e. The van der Waals surface area contributed by atoms with Crippen LogP contribution in [0.3, 0.4) is 0 Å². The van der Waals surface area contributed by atoms with Crippen molar-refractivity contribution < 1.29 is 17.6 Å². The van der Waals surface area contributed by atoms with E-state index < -0.39 is 11.7 Å². The predicted octanol–water partition coefficient (Wildman–Crippen LogP) is 21.0. The van der Waals surface area contributed by atoms with Gasteiger partial charge in [0.15, 0.2) is 0 Å². The zero-order valence-electron chi connectivity index (χ0n) is 45.2. The van der Waals surface area contributed by atoms with Crippen molar-refractivity contribution >= 4 is 11.6 Å². The van der Waals surface area contributed by atoms with E-state index in [0.717, 1.165) is 34.2 Å². The molecule has 400 valence electrons. The van der Waals surface area contributed by atoms with Crippen LogP contribution in [0.25, 0.3) is 0 Å². The zero-order valence-corrected chi connectivity index (χ0v) is 46.0. The van der Waals surface area contributed by atoms with Gasteiger partial charge < -0.3 is 0 Å². The van der Waals surface area contributed by atoms with E-state index in [-0.39, 0.29) is 26.6 Å². The molecule has 5 aromatic carbocycles. The van der Waals surface area contributed by atoms with Crippen molar-refractivity contribution in [1.82, 2.24) is 19.9 Å². The summed E-state index contributed by atoms with van der Waals surface area (Å²) in [5, 5.41) is 0.810. The lowest BCUT2D eigenvalue weighted by atomic mass is 10.0. The second-order valence-corrected chi connectivity index (χ2v) is 19.8. The van der Waals surface area contributed by atoms with Gasteiger partial charge in [0.1, 0.15) is 18.0 Å². The molecule has 7 aromatic rings. The predicted molar refractivity (Wildman–Crippen MR) is 308 cm³/mol. The molecule has 0 fully saturated rings. The fourth-order valence-corrected chi connectivity index (χ4v) is 6.01. The zero-order chi connectivity index (χ0) is 53.7. The van der Waals surface area contributed by atoms with Gasteiger partial charge in [-0.15, -0.1) is 0 Å². The molecule has 0 spiro atoms. The SMILES string of the molecule is C.C.CC(C)c1ccc(C(F)(F)F)cc1.CC(C)c1ccc(Cl)cc1.CC(C)c1ccc(F)cc1.CC(C)c1ccccc1.CC(C)c1ccncn1.Cc1ccc(C(C)C)cc1.Cc1ncc(C(C)C)cn1. The number of halogens is 5. The van der Waals surface area contributed by atoms with Gasteiger partial charge in [-0.2, -0.15) is 13.2 Å². The van der Waals surface area contributed by atoms with Gasteiger partial charge in [-0.1, -0.05) is 220 Å². The van der Waals surface area contributed by atoms with Crippen molar-refractivity contribution in [2.24, 2.45) is 0 Å². The van der Waals surface area contributed by atoms with Gasteiger partial charge in [0.05, 0.1) is 5.56 Å². The van der Waals surface area contributed by atoms with Crippen LogP contribution in [0.15, 0.2) is 158 Å². The van der Waals surface area contributed by atoms with E-state index in [1.165, 1.54) is 57.6 Å². The van der Waals surface area contributed by atoms with Crippen LogP contribution in [0.2, 0.25) is 5.02 Å². The number of benzene rings is 5. The number of alkyl halides is 3. The highest BCUT2D eigenvalue weighted by Gasteiger charge is 2.30. The first-order valence-electron chi connectivity index (χ1n) is 24.7. The Morgan fingerprint density at radius 2 is 0.767 bits per heavy atom. The maximum absolute atomic E-state index is 12.4. The van der Waals surface area contributed by atoms with Gasteiger partial charge in [-0.05, 0) is 131 Å². The molecule has 0 amide bonds. The van der Waals surface area contributed by atoms with E-state index in [1.54, 1.807) is 12.5 Å². The van der Waals surface area contributed by atoms with E-state index >= 15 is 0 Å². The molecular formula is C64H89ClF4N4. The number of rotatable bonds is 7. The third kappa shape index (κ3) is 30.8. The van der Waals surface area contributed by atoms with Crippen LogP contribution in [0.4, 0.5) is 17.6 Å². The molecule has 4 nitrogen and oxygen atoms in total. The molecule has 0 aliphatic carbocycles. The Bertz CT molecular complexity index is 2140. The number of nitrogens with zero attached hydrogens (tertiary/aromatic N) is 4. The molecule has 7 rings (SSSR count). The molecule has 2 aromatic heterocycles. The summed E-state index contributed by atoms with van der Waals surface area (Å²) in [5.74, 6) is 4.37. The van der Waals surface area contributed by atoms with Crippen molar-refractivity contribution in [2.75, 3.05) is 0 Å². The molecular weight excluding hydrogens is 936 g/mol. The van der Waals surface area contributed by atoms with E-state index in [2.05, 4.69) is 171 Å². The van der Waals surface area contributed by atoms with Crippen molar-refractivity contribution in [3.63, 3.8) is 0 Å². The standard InChI is InChI=1S/C10H11F3.C10H14.C9H11Cl.C9H11F.C9H12.C8H12N2.C7H10N2.2CH4/c1-7(2)8-3-5-9(6-4-8)10(11,12)13;1-8(2)10-6-4-9(3)5-7-10;2*1-7(2)8-3-5-9(10)6-4-8;1-8(2)9-6-4-3-5-7-9;1-6(2)8-4-9-7(3)10-5-8;1-6(2)7-3-4-8-5-9-7;;/h3-7H,1-2H3;4-8H,1-3H3;2*3-7H,1-2H3;3-8H,1-2H3;4-6H,1-3H3;3-6H,1-2H3;2*1H4. The largest absolute Gasteiger partial charge is 0.416 e. The summed E-state index contributed by atoms with van der Waals surface area (Å²) < 4.78 is 48.7. The molecule has 0 N–H and O–H groups in total. The maximum Gasteiger partial charge on any atom is 0.416 e. The second kappa shape index (κ2) is 37.1. The number of hydrogen-bond acceptors (Lipinski definition) is 4. The quantitative estimate of drug-likeness (QED) is 0.149. The highest BCUT2D eigenvalue weighted by molar-refractivity contribution is 6.30. The number of hydrogen-bond donors (Lipinski definition) is 0. The van der Waals surface area contributed by atoms with Crippen molar-refractivity contribution in [2.45, 2.75) is 173 Å². The minimum absolute atomic E-state index is 0. The van der Waals surface area contributed by atoms with Crippen LogP contribution in [-0.2, 0) is 6.18 Å². The van der Waals surface area contributed by atoms with Crippen molar-refractivity contribution in [3.8, 4) is 0 Å². The van der Waals surface area contributed by atoms with Crippen LogP contribution in [0.5, 0.6) is 0 Å². The van der Waals surface area contributed by atoms with Gasteiger partial charge in [-0.3, -0.25) is 0 Å². The Labute approximate surface area is 445 Å². The smallest absolute Gasteiger partial charge is 0.245 e. The average Bonchev–Trinajstić information content (AvgIpc) is 3.33. The molecule has 73 heavy (non-hydrogen) atoms. The minimum atomic E-state index is -4.23. The Balaban J connectivity index is 0. The molecule has 9 heteroatoms. The molecule has 0 saturated carbocycles. The topological polar surface area (TPSA) is 51.6 Å². The summed E-state index contributed by atoms with van der Waals surface area (Å²) >= 11 is 5.72. The lowest BCUT2D eigenvalue weighted by molar-refractivity contribution is -0.137. The Morgan fingerprint density at radius 3 is 1.08 bits per heavy atom. The fraction of sp³-hybridized carbons (Fsp3) is 0.406. The van der Waals surface area contributed by atoms with Crippen LogP contribution in [0, 0.1) is 19.7 Å². The third-order valence-corrected chi connectivity index (χ3v) is 11.1. The number of aryl methyl sites for hydroxylation is 2. The lowest BCUT2D eigenvalue weighted by Gasteiger charge is -2.09. The highest BCUT2D eigenvalue weighted by Crippen LogP contribution is 2.30. The summed E-state index contributed by atoms with van der Waals surface area (Å²) in [4.78, 5) is 16.1. The Hall–Kier alpha value is -5.73. The van der Waals surface area contributed by atoms with Gasteiger partial charge in [0.25, 0.3) is 0 Å². The summed E-state index contributed by atoms with van der Waals surface area (Å²) in [6, 6.07) is 41.1. The molecule has 2 heterocycles. The molecule has 0 aliphatic rings. The normalized spacial score (nSPS) is 10.4. The summed E-state index contributed by atoms with van der Waals surface area (Å²) in [7, 11) is 0. The van der Waals surface area contributed by atoms with Gasteiger partial charge in [-0.25, -0.2) is 24.3 Å². The maximum atomic E-state index is 12.4. The van der Waals surface area contributed by atoms with E-state index in [9.17, 15) is 17.6 Å². The fourth-order valence-electron chi connectivity index (χ4n) is 5.88. The average molecular weight is 1030 g/mol. The summed E-state index contributed by atoms with van der Waals surface area (Å²) in [6.07, 6.45) is 2.88. The van der Waals surface area contributed by atoms with E-state index in [0.29, 0.717) is 35.5 Å². The third-order valence-electron chi connectivity index (χ3n) is 10.9. The first-order chi connectivity index (χ1) is 33.3. The van der Waals surface area contributed by atoms with Gasteiger partial charge in [0, 0.05) is 29.3 Å². The molecule has 0 aliphatic heterocycles. The highest BCUT2D eigenvalue weighted by atomic mass is 35.5. The molecule has 0 radical (unpaired) electrons. The van der Waals surface area contributed by atoms with Gasteiger partial charge >= 0.3 is 6.18 Å². The van der Waals surface area contributed by atoms with E-state index in [1.807, 2.05) is 69.6 Å². The van der Waals surface area contributed by atoms with Crippen LogP contribution >= 0.6 is 11.6 Å². The van der Waals surface area contributed by atoms with Crippen LogP contribution in [0.1, 0.15) is 209 Å². The van der Waals surface area contributed by atoms with Crippen LogP contribution < -0.4 is 0 Å². The van der Waals surface area contributed by atoms with Crippen LogP contribution in [-0.4, -0.2) is 19.9 Å². The van der Waals surface area contributed by atoms with Gasteiger partial charge in [0.2, 0.25) is 0 Å². The first-order valence-corrected chi connectivity index (χ1v) is 25.0. The van der Waals surface area contributed by atoms with Crippen molar-refractivity contribution in [1.29, 1.82) is 0 Å². The summed E-state index contributed by atoms with van der Waals surface area (Å²) in [5.41, 5.74) is 9.33. The van der Waals surface area contributed by atoms with Crippen molar-refractivity contribution in [3.05, 3.63) is 225 Å². The first kappa shape index (κ1) is 69.3. The Kier molecular flexibility index (Phi) is 35.2. The second-order valence-electron chi connectivity index (χ2n) is 19.3. The molecule has 0 saturated heterocycles. The Morgan fingerprint density at radius 1 is 0.411 bits per heavy atom.